The zero-order valence-corrected chi connectivity index (χ0v) is 11.1. The molecule has 0 spiro atoms. The number of rotatable bonds is 5. The van der Waals surface area contributed by atoms with Crippen molar-refractivity contribution in [2.24, 2.45) is 11.5 Å². The number of esters is 1. The van der Waals surface area contributed by atoms with Gasteiger partial charge in [-0.15, -0.1) is 0 Å². The molecule has 1 unspecified atom stereocenters. The van der Waals surface area contributed by atoms with E-state index in [0.29, 0.717) is 0 Å². The highest BCUT2D eigenvalue weighted by Gasteiger charge is 2.22. The van der Waals surface area contributed by atoms with Crippen molar-refractivity contribution in [1.29, 1.82) is 0 Å². The smallest absolute Gasteiger partial charge is 0.325 e. The number of carbonyl (C=O) groups excluding carboxylic acids is 1. The van der Waals surface area contributed by atoms with E-state index in [1.807, 2.05) is 60.7 Å². The molecule has 0 aliphatic carbocycles. The van der Waals surface area contributed by atoms with Crippen molar-refractivity contribution in [3.63, 3.8) is 0 Å². The Bertz CT molecular complexity index is 503. The van der Waals surface area contributed by atoms with Gasteiger partial charge in [0.05, 0.1) is 0 Å². The van der Waals surface area contributed by atoms with Gasteiger partial charge in [0.1, 0.15) is 6.04 Å². The third-order valence-corrected chi connectivity index (χ3v) is 3.00. The van der Waals surface area contributed by atoms with Crippen LogP contribution in [0.5, 0.6) is 0 Å². The number of carbonyl (C=O) groups is 1. The number of hydrogen-bond donors (Lipinski definition) is 2. The van der Waals surface area contributed by atoms with E-state index >= 15 is 0 Å². The Morgan fingerprint density at radius 3 is 1.80 bits per heavy atom. The molecule has 2 aromatic carbocycles. The normalized spacial score (nSPS) is 12.2. The summed E-state index contributed by atoms with van der Waals surface area (Å²) in [5.41, 5.74) is 12.8. The molecule has 0 bridgehead atoms. The molecule has 4 heteroatoms. The van der Waals surface area contributed by atoms with Crippen molar-refractivity contribution in [3.8, 4) is 0 Å². The predicted molar refractivity (Wildman–Crippen MR) is 77.8 cm³/mol. The quantitative estimate of drug-likeness (QED) is 0.809. The van der Waals surface area contributed by atoms with Crippen LogP contribution in [0.1, 0.15) is 17.2 Å². The molecule has 0 heterocycles. The monoisotopic (exact) mass is 270 g/mol. The molecule has 104 valence electrons. The Morgan fingerprint density at radius 2 is 1.40 bits per heavy atom. The highest BCUT2D eigenvalue weighted by Crippen LogP contribution is 2.26. The van der Waals surface area contributed by atoms with Crippen LogP contribution < -0.4 is 11.5 Å². The predicted octanol–water partition coefficient (Wildman–Crippen LogP) is 1.61. The molecule has 20 heavy (non-hydrogen) atoms. The van der Waals surface area contributed by atoms with Crippen LogP contribution in [-0.2, 0) is 9.53 Å². The lowest BCUT2D eigenvalue weighted by molar-refractivity contribution is -0.148. The van der Waals surface area contributed by atoms with Crippen LogP contribution in [0.15, 0.2) is 60.7 Å². The second kappa shape index (κ2) is 6.84. The van der Waals surface area contributed by atoms with Crippen LogP contribution in [0.2, 0.25) is 0 Å². The van der Waals surface area contributed by atoms with Crippen LogP contribution in [0.25, 0.3) is 0 Å². The second-order valence-corrected chi connectivity index (χ2v) is 4.48. The SMILES string of the molecule is NCC(N)C(=O)OC(c1ccccc1)c1ccccc1. The fraction of sp³-hybridized carbons (Fsp3) is 0.188. The lowest BCUT2D eigenvalue weighted by Crippen LogP contribution is -2.39. The van der Waals surface area contributed by atoms with E-state index in [9.17, 15) is 4.79 Å². The first kappa shape index (κ1) is 14.2. The molecule has 0 aromatic heterocycles. The van der Waals surface area contributed by atoms with Crippen molar-refractivity contribution in [2.45, 2.75) is 12.1 Å². The maximum Gasteiger partial charge on any atom is 0.325 e. The molecule has 0 amide bonds. The first-order valence-electron chi connectivity index (χ1n) is 6.48. The number of benzene rings is 2. The van der Waals surface area contributed by atoms with Crippen molar-refractivity contribution in [2.75, 3.05) is 6.54 Å². The Labute approximate surface area is 118 Å². The van der Waals surface area contributed by atoms with Gasteiger partial charge < -0.3 is 16.2 Å². The molecule has 0 saturated carbocycles. The van der Waals surface area contributed by atoms with Crippen LogP contribution in [0.3, 0.4) is 0 Å². The van der Waals surface area contributed by atoms with Gasteiger partial charge in [0.15, 0.2) is 6.10 Å². The minimum absolute atomic E-state index is 0.0646. The minimum Gasteiger partial charge on any atom is -0.451 e. The van der Waals surface area contributed by atoms with Crippen molar-refractivity contribution in [3.05, 3.63) is 71.8 Å². The lowest BCUT2D eigenvalue weighted by Gasteiger charge is -2.20. The van der Waals surface area contributed by atoms with Gasteiger partial charge in [-0.25, -0.2) is 0 Å². The molecular formula is C16H18N2O2. The van der Waals surface area contributed by atoms with Gasteiger partial charge >= 0.3 is 5.97 Å². The zero-order chi connectivity index (χ0) is 14.4. The van der Waals surface area contributed by atoms with Crippen molar-refractivity contribution in [1.82, 2.24) is 0 Å². The maximum atomic E-state index is 11.9. The van der Waals surface area contributed by atoms with E-state index in [1.54, 1.807) is 0 Å². The third kappa shape index (κ3) is 3.44. The molecule has 4 N–H and O–H groups in total. The minimum atomic E-state index is -0.801. The molecule has 0 fully saturated rings. The summed E-state index contributed by atoms with van der Waals surface area (Å²) in [6.07, 6.45) is -0.470. The van der Waals surface area contributed by atoms with Gasteiger partial charge in [-0.3, -0.25) is 4.79 Å². The van der Waals surface area contributed by atoms with Crippen LogP contribution in [-0.4, -0.2) is 18.6 Å². The Kier molecular flexibility index (Phi) is 4.87. The van der Waals surface area contributed by atoms with Gasteiger partial charge in [0, 0.05) is 6.54 Å². The highest BCUT2D eigenvalue weighted by atomic mass is 16.5. The fourth-order valence-corrected chi connectivity index (χ4v) is 1.88. The molecule has 0 radical (unpaired) electrons. The molecule has 1 atom stereocenters. The number of nitrogens with two attached hydrogens (primary N) is 2. The van der Waals surface area contributed by atoms with Crippen LogP contribution >= 0.6 is 0 Å². The second-order valence-electron chi connectivity index (χ2n) is 4.48. The van der Waals surface area contributed by atoms with Gasteiger partial charge in [-0.1, -0.05) is 60.7 Å². The van der Waals surface area contributed by atoms with E-state index in [0.717, 1.165) is 11.1 Å². The van der Waals surface area contributed by atoms with Gasteiger partial charge in [-0.05, 0) is 11.1 Å². The molecule has 2 rings (SSSR count). The van der Waals surface area contributed by atoms with Crippen molar-refractivity contribution >= 4 is 5.97 Å². The van der Waals surface area contributed by atoms with E-state index in [-0.39, 0.29) is 6.54 Å². The number of hydrogen-bond acceptors (Lipinski definition) is 4. The first-order chi connectivity index (χ1) is 9.72. The summed E-state index contributed by atoms with van der Waals surface area (Å²) < 4.78 is 5.53. The van der Waals surface area contributed by atoms with E-state index in [1.165, 1.54) is 0 Å². The van der Waals surface area contributed by atoms with Gasteiger partial charge in [0.25, 0.3) is 0 Å². The van der Waals surface area contributed by atoms with Gasteiger partial charge in [-0.2, -0.15) is 0 Å². The standard InChI is InChI=1S/C16H18N2O2/c17-11-14(18)16(19)20-15(12-7-3-1-4-8-12)13-9-5-2-6-10-13/h1-10,14-15H,11,17-18H2. The average Bonchev–Trinajstić information content (AvgIpc) is 2.53. The largest absolute Gasteiger partial charge is 0.451 e. The third-order valence-electron chi connectivity index (χ3n) is 3.00. The fourth-order valence-electron chi connectivity index (χ4n) is 1.88. The van der Waals surface area contributed by atoms with Crippen LogP contribution in [0, 0.1) is 0 Å². The first-order valence-corrected chi connectivity index (χ1v) is 6.48. The summed E-state index contributed by atoms with van der Waals surface area (Å²) in [5.74, 6) is -0.495. The van der Waals surface area contributed by atoms with Crippen molar-refractivity contribution < 1.29 is 9.53 Å². The highest BCUT2D eigenvalue weighted by molar-refractivity contribution is 5.76. The Hall–Kier alpha value is -2.17. The maximum absolute atomic E-state index is 11.9. The van der Waals surface area contributed by atoms with E-state index in [4.69, 9.17) is 16.2 Å². The summed E-state index contributed by atoms with van der Waals surface area (Å²) in [5, 5.41) is 0. The molecule has 0 aliphatic rings. The Balaban J connectivity index is 2.28. The molecule has 0 aliphatic heterocycles. The van der Waals surface area contributed by atoms with Gasteiger partial charge in [0.2, 0.25) is 0 Å². The summed E-state index contributed by atoms with van der Waals surface area (Å²) >= 11 is 0. The average molecular weight is 270 g/mol. The van der Waals surface area contributed by atoms with E-state index in [2.05, 4.69) is 0 Å². The molecule has 4 nitrogen and oxygen atoms in total. The van der Waals surface area contributed by atoms with Crippen LogP contribution in [0.4, 0.5) is 0 Å². The number of ether oxygens (including phenoxy) is 1. The topological polar surface area (TPSA) is 78.3 Å². The Morgan fingerprint density at radius 1 is 0.950 bits per heavy atom. The molecular weight excluding hydrogens is 252 g/mol. The lowest BCUT2D eigenvalue weighted by atomic mass is 10.0. The summed E-state index contributed by atoms with van der Waals surface area (Å²) in [7, 11) is 0. The van der Waals surface area contributed by atoms with E-state index < -0.39 is 18.1 Å². The molecule has 2 aromatic rings. The summed E-state index contributed by atoms with van der Waals surface area (Å²) in [6.45, 7) is 0.0646. The zero-order valence-electron chi connectivity index (χ0n) is 11.1. The summed E-state index contributed by atoms with van der Waals surface area (Å²) in [4.78, 5) is 11.9. The molecule has 0 saturated heterocycles. The summed E-state index contributed by atoms with van der Waals surface area (Å²) in [6, 6.07) is 18.3.